The number of hydrogen-bond acceptors (Lipinski definition) is 5. The van der Waals surface area contributed by atoms with E-state index in [9.17, 15) is 22.8 Å². The van der Waals surface area contributed by atoms with Crippen LogP contribution >= 0.6 is 0 Å². The molecule has 0 aromatic heterocycles. The van der Waals surface area contributed by atoms with E-state index in [0.29, 0.717) is 49.2 Å². The molecule has 7 unspecified atom stereocenters. The summed E-state index contributed by atoms with van der Waals surface area (Å²) in [4.78, 5) is 25.5. The van der Waals surface area contributed by atoms with Crippen molar-refractivity contribution in [3.8, 4) is 0 Å². The third-order valence-electron chi connectivity index (χ3n) is 12.1. The van der Waals surface area contributed by atoms with E-state index in [2.05, 4.69) is 27.7 Å². The second-order valence-corrected chi connectivity index (χ2v) is 13.9. The van der Waals surface area contributed by atoms with E-state index in [1.165, 1.54) is 0 Å². The lowest BCUT2D eigenvalue weighted by atomic mass is 9.44. The predicted molar refractivity (Wildman–Crippen MR) is 128 cm³/mol. The van der Waals surface area contributed by atoms with Crippen molar-refractivity contribution in [2.45, 2.75) is 110 Å². The van der Waals surface area contributed by atoms with Gasteiger partial charge < -0.3 is 14.2 Å². The Kier molecular flexibility index (Phi) is 5.94. The van der Waals surface area contributed by atoms with E-state index in [-0.39, 0.29) is 40.6 Å². The molecule has 4 aliphatic carbocycles. The number of rotatable bonds is 1. The molecule has 0 aromatic rings. The summed E-state index contributed by atoms with van der Waals surface area (Å²) in [5.41, 5.74) is -0.364. The van der Waals surface area contributed by atoms with Gasteiger partial charge in [0.25, 0.3) is 0 Å². The standard InChI is InChI=1S/C29H41F3O5/c1-15-7-10-28(35-14-15)16(2)23-22(37-28)12-20-19-6-5-17-11-18(36-25(34)29(30,31)32)8-9-26(17,3)24(19)21(33)13-27(20,23)4/h15-20,22-24H,5-14H2,1-4H3/t15?,16-,17?,18-,19?,20?,22?,23?,24?,26-,27-,28+/m0/s1. The van der Waals surface area contributed by atoms with Crippen LogP contribution in [0.4, 0.5) is 13.2 Å². The SMILES string of the molecule is CC1CC[C@@]2(OC1)OC1CC3C4CCC5C[C@@H](OC(=O)C(F)(F)F)CC[C@]5(C)C4C(=O)C[C@]3(C)C1[C@@H]2C. The lowest BCUT2D eigenvalue weighted by Crippen LogP contribution is -2.58. The zero-order valence-electron chi connectivity index (χ0n) is 22.4. The molecule has 1 spiro atoms. The Bertz CT molecular complexity index is 958. The first kappa shape index (κ1) is 26.1. The van der Waals surface area contributed by atoms with Gasteiger partial charge in [-0.25, -0.2) is 4.79 Å². The number of ether oxygens (including phenoxy) is 3. The molecule has 4 saturated carbocycles. The molecule has 0 amide bonds. The van der Waals surface area contributed by atoms with Crippen molar-refractivity contribution in [1.29, 1.82) is 0 Å². The van der Waals surface area contributed by atoms with Gasteiger partial charge in [0.2, 0.25) is 0 Å². The minimum atomic E-state index is -4.97. The van der Waals surface area contributed by atoms with Gasteiger partial charge in [-0.15, -0.1) is 0 Å². The molecule has 0 bridgehead atoms. The highest BCUT2D eigenvalue weighted by Crippen LogP contribution is 2.70. The Morgan fingerprint density at radius 2 is 1.78 bits per heavy atom. The maximum absolute atomic E-state index is 14.0. The first-order valence-electron chi connectivity index (χ1n) is 14.4. The van der Waals surface area contributed by atoms with Gasteiger partial charge in [-0.2, -0.15) is 13.2 Å². The van der Waals surface area contributed by atoms with Crippen LogP contribution in [0, 0.1) is 52.3 Å². The van der Waals surface area contributed by atoms with Gasteiger partial charge in [-0.3, -0.25) is 4.79 Å². The third-order valence-corrected chi connectivity index (χ3v) is 12.1. The molecule has 0 radical (unpaired) electrons. The average molecular weight is 527 g/mol. The average Bonchev–Trinajstić information content (AvgIpc) is 3.25. The fraction of sp³-hybridized carbons (Fsp3) is 0.931. The monoisotopic (exact) mass is 526 g/mol. The molecule has 6 rings (SSSR count). The van der Waals surface area contributed by atoms with Crippen LogP contribution in [0.1, 0.15) is 85.5 Å². The maximum Gasteiger partial charge on any atom is 0.490 e. The number of halogens is 3. The summed E-state index contributed by atoms with van der Waals surface area (Å²) in [5, 5.41) is 0. The zero-order chi connectivity index (χ0) is 26.5. The van der Waals surface area contributed by atoms with E-state index >= 15 is 0 Å². The van der Waals surface area contributed by atoms with E-state index in [0.717, 1.165) is 38.7 Å². The van der Waals surface area contributed by atoms with Gasteiger partial charge in [0.05, 0.1) is 12.7 Å². The molecule has 6 aliphatic rings. The maximum atomic E-state index is 14.0. The van der Waals surface area contributed by atoms with Gasteiger partial charge >= 0.3 is 12.1 Å². The largest absolute Gasteiger partial charge is 0.490 e. The van der Waals surface area contributed by atoms with Crippen LogP contribution in [0.15, 0.2) is 0 Å². The van der Waals surface area contributed by atoms with Crippen LogP contribution < -0.4 is 0 Å². The number of Topliss-reactive ketones (excluding diaryl/α,β-unsaturated/α-hetero) is 1. The number of esters is 1. The summed E-state index contributed by atoms with van der Waals surface area (Å²) in [7, 11) is 0. The molecule has 0 N–H and O–H groups in total. The Labute approximate surface area is 217 Å². The molecule has 208 valence electrons. The van der Waals surface area contributed by atoms with Crippen LogP contribution in [-0.4, -0.2) is 42.5 Å². The van der Waals surface area contributed by atoms with Gasteiger partial charge in [0.1, 0.15) is 11.9 Å². The molecule has 2 heterocycles. The van der Waals surface area contributed by atoms with Crippen molar-refractivity contribution < 1.29 is 37.0 Å². The number of alkyl halides is 3. The van der Waals surface area contributed by atoms with Crippen LogP contribution in [0.3, 0.4) is 0 Å². The highest BCUT2D eigenvalue weighted by Gasteiger charge is 2.70. The van der Waals surface area contributed by atoms with Crippen LogP contribution in [0.5, 0.6) is 0 Å². The Balaban J connectivity index is 1.20. The highest BCUT2D eigenvalue weighted by molar-refractivity contribution is 5.84. The number of fused-ring (bicyclic) bond motifs is 7. The second-order valence-electron chi connectivity index (χ2n) is 13.9. The minimum Gasteiger partial charge on any atom is -0.456 e. The smallest absolute Gasteiger partial charge is 0.456 e. The van der Waals surface area contributed by atoms with Gasteiger partial charge in [0.15, 0.2) is 5.79 Å². The lowest BCUT2D eigenvalue weighted by molar-refractivity contribution is -0.272. The normalized spacial score (nSPS) is 53.3. The summed E-state index contributed by atoms with van der Waals surface area (Å²) in [6, 6.07) is 0. The molecule has 2 saturated heterocycles. The lowest BCUT2D eigenvalue weighted by Gasteiger charge is -2.60. The van der Waals surface area contributed by atoms with Crippen molar-refractivity contribution in [1.82, 2.24) is 0 Å². The highest BCUT2D eigenvalue weighted by atomic mass is 19.4. The molecular formula is C29H41F3O5. The van der Waals surface area contributed by atoms with Crippen molar-refractivity contribution in [3.05, 3.63) is 0 Å². The van der Waals surface area contributed by atoms with Crippen LogP contribution in [0.2, 0.25) is 0 Å². The topological polar surface area (TPSA) is 61.8 Å². The number of carbonyl (C=O) groups excluding carboxylic acids is 2. The number of hydrogen-bond donors (Lipinski definition) is 0. The van der Waals surface area contributed by atoms with Gasteiger partial charge in [0, 0.05) is 24.7 Å². The van der Waals surface area contributed by atoms with Crippen LogP contribution in [-0.2, 0) is 23.8 Å². The summed E-state index contributed by atoms with van der Waals surface area (Å²) >= 11 is 0. The molecular weight excluding hydrogens is 485 g/mol. The Hall–Kier alpha value is -1.15. The summed E-state index contributed by atoms with van der Waals surface area (Å²) in [6.45, 7) is 9.72. The molecule has 6 fully saturated rings. The van der Waals surface area contributed by atoms with E-state index in [1.54, 1.807) is 0 Å². The predicted octanol–water partition coefficient (Wildman–Crippen LogP) is 6.09. The fourth-order valence-electron chi connectivity index (χ4n) is 10.4. The summed E-state index contributed by atoms with van der Waals surface area (Å²) in [6.07, 6.45) is 1.17. The fourth-order valence-corrected chi connectivity index (χ4v) is 10.4. The molecule has 37 heavy (non-hydrogen) atoms. The summed E-state index contributed by atoms with van der Waals surface area (Å²) in [5.74, 6) is -0.464. The van der Waals surface area contributed by atoms with E-state index in [4.69, 9.17) is 14.2 Å². The summed E-state index contributed by atoms with van der Waals surface area (Å²) < 4.78 is 56.3. The van der Waals surface area contributed by atoms with Crippen LogP contribution in [0.25, 0.3) is 0 Å². The second kappa shape index (κ2) is 8.42. The van der Waals surface area contributed by atoms with Crippen molar-refractivity contribution in [2.75, 3.05) is 6.61 Å². The molecule has 12 atom stereocenters. The van der Waals surface area contributed by atoms with Gasteiger partial charge in [-0.05, 0) is 85.4 Å². The molecule has 5 nitrogen and oxygen atoms in total. The zero-order valence-corrected chi connectivity index (χ0v) is 22.4. The molecule has 2 aliphatic heterocycles. The van der Waals surface area contributed by atoms with Crippen molar-refractivity contribution in [3.63, 3.8) is 0 Å². The number of ketones is 1. The third kappa shape index (κ3) is 3.77. The first-order chi connectivity index (χ1) is 17.3. The Morgan fingerprint density at radius 3 is 2.46 bits per heavy atom. The number of carbonyl (C=O) groups is 2. The molecule has 0 aromatic carbocycles. The quantitative estimate of drug-likeness (QED) is 0.387. The Morgan fingerprint density at radius 1 is 1.03 bits per heavy atom. The first-order valence-corrected chi connectivity index (χ1v) is 14.4. The van der Waals surface area contributed by atoms with E-state index < -0.39 is 24.0 Å². The van der Waals surface area contributed by atoms with Crippen molar-refractivity contribution in [2.24, 2.45) is 52.3 Å². The molecule has 8 heteroatoms. The van der Waals surface area contributed by atoms with Crippen molar-refractivity contribution >= 4 is 11.8 Å². The minimum absolute atomic E-state index is 0.0709. The van der Waals surface area contributed by atoms with Gasteiger partial charge in [-0.1, -0.05) is 27.7 Å². The van der Waals surface area contributed by atoms with E-state index in [1.807, 2.05) is 0 Å².